The van der Waals surface area contributed by atoms with Gasteiger partial charge in [-0.05, 0) is 49.9 Å². The molecular formula is C24H30ClN3O3S. The molecule has 172 valence electrons. The molecular weight excluding hydrogens is 446 g/mol. The van der Waals surface area contributed by atoms with E-state index in [0.29, 0.717) is 23.7 Å². The molecule has 3 aromatic rings. The van der Waals surface area contributed by atoms with Crippen molar-refractivity contribution in [1.82, 2.24) is 9.97 Å². The van der Waals surface area contributed by atoms with E-state index in [-0.39, 0.29) is 5.97 Å². The van der Waals surface area contributed by atoms with Crippen molar-refractivity contribution < 1.29 is 14.3 Å². The maximum absolute atomic E-state index is 11.2. The van der Waals surface area contributed by atoms with Gasteiger partial charge in [0.25, 0.3) is 0 Å². The third-order valence-corrected chi connectivity index (χ3v) is 6.91. The third kappa shape index (κ3) is 6.11. The maximum atomic E-state index is 11.2. The highest BCUT2D eigenvalue weighted by molar-refractivity contribution is 7.18. The molecule has 2 aromatic heterocycles. The number of thiophene rings is 1. The van der Waals surface area contributed by atoms with Crippen molar-refractivity contribution in [3.63, 3.8) is 0 Å². The summed E-state index contributed by atoms with van der Waals surface area (Å²) in [6.45, 7) is 4.85. The van der Waals surface area contributed by atoms with Crippen LogP contribution in [-0.2, 0) is 22.5 Å². The molecule has 0 fully saturated rings. The summed E-state index contributed by atoms with van der Waals surface area (Å²) in [5, 5.41) is 5.18. The van der Waals surface area contributed by atoms with Crippen molar-refractivity contribution in [3.05, 3.63) is 45.1 Å². The van der Waals surface area contributed by atoms with E-state index >= 15 is 0 Å². The number of carbonyl (C=O) groups excluding carboxylic acids is 1. The number of hydrogen-bond donors (Lipinski definition) is 1. The summed E-state index contributed by atoms with van der Waals surface area (Å²) < 4.78 is 9.93. The molecule has 2 heterocycles. The Hall–Kier alpha value is -2.38. The summed E-state index contributed by atoms with van der Waals surface area (Å²) in [4.78, 5) is 23.2. The van der Waals surface area contributed by atoms with Crippen molar-refractivity contribution in [3.8, 4) is 5.75 Å². The first-order valence-electron chi connectivity index (χ1n) is 10.8. The molecule has 0 radical (unpaired) electrons. The monoisotopic (exact) mass is 475 g/mol. The summed E-state index contributed by atoms with van der Waals surface area (Å²) in [7, 11) is 3.04. The van der Waals surface area contributed by atoms with Gasteiger partial charge in [-0.15, -0.1) is 11.3 Å². The summed E-state index contributed by atoms with van der Waals surface area (Å²) in [5.41, 5.74) is 2.27. The number of esters is 1. The van der Waals surface area contributed by atoms with Gasteiger partial charge in [-0.2, -0.15) is 0 Å². The Labute approximate surface area is 198 Å². The Balaban J connectivity index is 1.69. The van der Waals surface area contributed by atoms with E-state index in [4.69, 9.17) is 26.3 Å². The quantitative estimate of drug-likeness (QED) is 0.261. The van der Waals surface area contributed by atoms with Crippen LogP contribution in [0.1, 0.15) is 53.9 Å². The smallest absolute Gasteiger partial charge is 0.305 e. The predicted octanol–water partition coefficient (Wildman–Crippen LogP) is 6.25. The first kappa shape index (κ1) is 24.3. The summed E-state index contributed by atoms with van der Waals surface area (Å²) in [6, 6.07) is 5.78. The van der Waals surface area contributed by atoms with Crippen molar-refractivity contribution >= 4 is 44.9 Å². The molecule has 0 unspecified atom stereocenters. The molecule has 32 heavy (non-hydrogen) atoms. The Kier molecular flexibility index (Phi) is 8.70. The maximum Gasteiger partial charge on any atom is 0.305 e. The molecule has 0 bridgehead atoms. The first-order chi connectivity index (χ1) is 15.4. The van der Waals surface area contributed by atoms with Gasteiger partial charge in [0, 0.05) is 24.3 Å². The van der Waals surface area contributed by atoms with Gasteiger partial charge in [0.2, 0.25) is 0 Å². The van der Waals surface area contributed by atoms with E-state index in [1.54, 1.807) is 18.4 Å². The van der Waals surface area contributed by atoms with Gasteiger partial charge in [0.1, 0.15) is 22.2 Å². The first-order valence-corrected chi connectivity index (χ1v) is 12.0. The fraction of sp³-hybridized carbons (Fsp3) is 0.458. The van der Waals surface area contributed by atoms with Gasteiger partial charge in [0.05, 0.1) is 24.6 Å². The molecule has 1 aromatic carbocycles. The third-order valence-electron chi connectivity index (χ3n) is 5.51. The van der Waals surface area contributed by atoms with E-state index in [9.17, 15) is 4.79 Å². The van der Waals surface area contributed by atoms with Gasteiger partial charge in [0.15, 0.2) is 0 Å². The summed E-state index contributed by atoms with van der Waals surface area (Å²) >= 11 is 7.99. The molecule has 1 N–H and O–H groups in total. The van der Waals surface area contributed by atoms with Gasteiger partial charge >= 0.3 is 5.97 Å². The highest BCUT2D eigenvalue weighted by Gasteiger charge is 2.15. The van der Waals surface area contributed by atoms with Crippen LogP contribution in [0.3, 0.4) is 0 Å². The number of anilines is 1. The number of nitrogens with zero attached hydrogens (tertiary/aromatic N) is 2. The van der Waals surface area contributed by atoms with Crippen LogP contribution in [0.2, 0.25) is 5.02 Å². The molecule has 0 aliphatic heterocycles. The van der Waals surface area contributed by atoms with E-state index < -0.39 is 0 Å². The van der Waals surface area contributed by atoms with Crippen LogP contribution in [0.25, 0.3) is 10.2 Å². The predicted molar refractivity (Wildman–Crippen MR) is 131 cm³/mol. The minimum atomic E-state index is -0.143. The molecule has 0 spiro atoms. The molecule has 0 aliphatic rings. The number of nitrogens with one attached hydrogen (secondary N) is 1. The lowest BCUT2D eigenvalue weighted by molar-refractivity contribution is -0.140. The standard InChI is InChI=1S/C24H30ClN3O3S/c1-15-16(2)32-24-22(15)23(26-14-17-11-12-19(30-3)18(25)13-17)27-20(28-24)9-7-5-6-8-10-21(29)31-4/h11-13H,5-10,14H2,1-4H3,(H,26,27,28). The number of fused-ring (bicyclic) bond motifs is 1. The number of unbranched alkanes of at least 4 members (excludes halogenated alkanes) is 3. The Bertz CT molecular complexity index is 1080. The Morgan fingerprint density at radius 1 is 1.12 bits per heavy atom. The number of carbonyl (C=O) groups is 1. The van der Waals surface area contributed by atoms with Crippen molar-refractivity contribution in [2.75, 3.05) is 19.5 Å². The number of aryl methyl sites for hydroxylation is 3. The van der Waals surface area contributed by atoms with Crippen molar-refractivity contribution in [1.29, 1.82) is 0 Å². The second kappa shape index (κ2) is 11.5. The highest BCUT2D eigenvalue weighted by atomic mass is 35.5. The van der Waals surface area contributed by atoms with Gasteiger partial charge in [-0.25, -0.2) is 9.97 Å². The van der Waals surface area contributed by atoms with Crippen molar-refractivity contribution in [2.24, 2.45) is 0 Å². The van der Waals surface area contributed by atoms with E-state index in [2.05, 4.69) is 23.9 Å². The van der Waals surface area contributed by atoms with Crippen LogP contribution >= 0.6 is 22.9 Å². The van der Waals surface area contributed by atoms with Crippen LogP contribution in [0, 0.1) is 13.8 Å². The van der Waals surface area contributed by atoms with Crippen LogP contribution in [-0.4, -0.2) is 30.2 Å². The zero-order valence-electron chi connectivity index (χ0n) is 19.1. The number of methoxy groups -OCH3 is 2. The molecule has 0 saturated heterocycles. The van der Waals surface area contributed by atoms with Crippen LogP contribution in [0.15, 0.2) is 18.2 Å². The number of halogens is 1. The minimum Gasteiger partial charge on any atom is -0.495 e. The lowest BCUT2D eigenvalue weighted by Gasteiger charge is -2.11. The minimum absolute atomic E-state index is 0.143. The molecule has 6 nitrogen and oxygen atoms in total. The van der Waals surface area contributed by atoms with Gasteiger partial charge in [-0.3, -0.25) is 4.79 Å². The summed E-state index contributed by atoms with van der Waals surface area (Å²) in [5.74, 6) is 2.24. The lowest BCUT2D eigenvalue weighted by atomic mass is 10.1. The molecule has 8 heteroatoms. The average molecular weight is 476 g/mol. The van der Waals surface area contributed by atoms with E-state index in [0.717, 1.165) is 59.5 Å². The molecule has 0 amide bonds. The fourth-order valence-electron chi connectivity index (χ4n) is 3.55. The Morgan fingerprint density at radius 3 is 2.62 bits per heavy atom. The zero-order valence-corrected chi connectivity index (χ0v) is 20.7. The van der Waals surface area contributed by atoms with Crippen LogP contribution in [0.4, 0.5) is 5.82 Å². The number of ether oxygens (including phenoxy) is 2. The number of rotatable bonds is 11. The Morgan fingerprint density at radius 2 is 1.91 bits per heavy atom. The van der Waals surface area contributed by atoms with E-state index in [1.807, 2.05) is 18.2 Å². The molecule has 3 rings (SSSR count). The normalized spacial score (nSPS) is 11.0. The van der Waals surface area contributed by atoms with Crippen LogP contribution < -0.4 is 10.1 Å². The fourth-order valence-corrected chi connectivity index (χ4v) is 4.88. The highest BCUT2D eigenvalue weighted by Crippen LogP contribution is 2.34. The topological polar surface area (TPSA) is 73.3 Å². The van der Waals surface area contributed by atoms with E-state index in [1.165, 1.54) is 17.6 Å². The molecule has 0 aliphatic carbocycles. The van der Waals surface area contributed by atoms with Gasteiger partial charge < -0.3 is 14.8 Å². The largest absolute Gasteiger partial charge is 0.495 e. The second-order valence-electron chi connectivity index (χ2n) is 7.76. The SMILES string of the molecule is COC(=O)CCCCCCc1nc(NCc2ccc(OC)c(Cl)c2)c2c(C)c(C)sc2n1. The number of hydrogen-bond acceptors (Lipinski definition) is 7. The number of aromatic nitrogens is 2. The van der Waals surface area contributed by atoms with Crippen molar-refractivity contribution in [2.45, 2.75) is 58.9 Å². The second-order valence-corrected chi connectivity index (χ2v) is 9.38. The molecule has 0 atom stereocenters. The summed E-state index contributed by atoms with van der Waals surface area (Å²) in [6.07, 6.45) is 5.17. The van der Waals surface area contributed by atoms with Gasteiger partial charge in [-0.1, -0.05) is 30.5 Å². The number of benzene rings is 1. The average Bonchev–Trinajstić information content (AvgIpc) is 3.07. The zero-order chi connectivity index (χ0) is 23.1. The molecule has 0 saturated carbocycles. The van der Waals surface area contributed by atoms with Crippen LogP contribution in [0.5, 0.6) is 5.75 Å². The lowest BCUT2D eigenvalue weighted by Crippen LogP contribution is -2.06.